The molecule has 0 fully saturated rings. The minimum atomic E-state index is -0.100. The maximum absolute atomic E-state index is 11.8. The van der Waals surface area contributed by atoms with E-state index in [2.05, 4.69) is 24.1 Å². The summed E-state index contributed by atoms with van der Waals surface area (Å²) in [5.41, 5.74) is 7.09. The number of aromatic nitrogens is 1. The van der Waals surface area contributed by atoms with Crippen LogP contribution in [0.5, 0.6) is 0 Å². The van der Waals surface area contributed by atoms with Gasteiger partial charge in [-0.25, -0.2) is 0 Å². The highest BCUT2D eigenvalue weighted by molar-refractivity contribution is 5.92. The summed E-state index contributed by atoms with van der Waals surface area (Å²) in [6, 6.07) is 3.84. The van der Waals surface area contributed by atoms with E-state index in [4.69, 9.17) is 5.73 Å². The molecular formula is C14H24N4O. The Kier molecular flexibility index (Phi) is 5.76. The first-order chi connectivity index (χ1) is 8.93. The fourth-order valence-electron chi connectivity index (χ4n) is 1.89. The topological polar surface area (TPSA) is 71.2 Å². The predicted octanol–water partition coefficient (Wildman–Crippen LogP) is 1.57. The Hall–Kier alpha value is -1.62. The van der Waals surface area contributed by atoms with Gasteiger partial charge in [0.05, 0.1) is 0 Å². The lowest BCUT2D eigenvalue weighted by Crippen LogP contribution is -2.30. The minimum absolute atomic E-state index is 0.100. The molecule has 0 aliphatic carbocycles. The van der Waals surface area contributed by atoms with Crippen molar-refractivity contribution in [1.82, 2.24) is 9.88 Å². The Morgan fingerprint density at radius 2 is 2.16 bits per heavy atom. The summed E-state index contributed by atoms with van der Waals surface area (Å²) < 4.78 is 0. The van der Waals surface area contributed by atoms with Gasteiger partial charge < -0.3 is 16.0 Å². The molecule has 0 spiro atoms. The molecule has 1 rings (SSSR count). The van der Waals surface area contributed by atoms with Crippen molar-refractivity contribution in [1.29, 1.82) is 0 Å². The van der Waals surface area contributed by atoms with Gasteiger partial charge in [-0.2, -0.15) is 0 Å². The highest BCUT2D eigenvalue weighted by atomic mass is 16.2. The molecule has 1 aromatic heterocycles. The smallest absolute Gasteiger partial charge is 0.272 e. The predicted molar refractivity (Wildman–Crippen MR) is 78.2 cm³/mol. The second kappa shape index (κ2) is 7.09. The quantitative estimate of drug-likeness (QED) is 0.818. The average molecular weight is 264 g/mol. The lowest BCUT2D eigenvalue weighted by Gasteiger charge is -2.20. The van der Waals surface area contributed by atoms with Gasteiger partial charge in [0, 0.05) is 38.6 Å². The molecule has 1 amide bonds. The number of rotatable bonds is 6. The van der Waals surface area contributed by atoms with E-state index in [0.717, 1.165) is 12.1 Å². The number of nitrogens with two attached hydrogens (primary N) is 1. The highest BCUT2D eigenvalue weighted by Gasteiger charge is 2.12. The van der Waals surface area contributed by atoms with Gasteiger partial charge in [-0.15, -0.1) is 0 Å². The third-order valence-corrected chi connectivity index (χ3v) is 2.80. The monoisotopic (exact) mass is 264 g/mol. The van der Waals surface area contributed by atoms with E-state index >= 15 is 0 Å². The number of carbonyl (C=O) groups excluding carboxylic acids is 1. The van der Waals surface area contributed by atoms with E-state index in [1.807, 2.05) is 6.07 Å². The molecule has 0 aliphatic rings. The average Bonchev–Trinajstić information content (AvgIpc) is 2.36. The SMILES string of the molecule is CC(C)CC(CN)Nc1ccnc(C(=O)N(C)C)c1. The van der Waals surface area contributed by atoms with Crippen molar-refractivity contribution in [3.8, 4) is 0 Å². The zero-order valence-electron chi connectivity index (χ0n) is 12.2. The first-order valence-corrected chi connectivity index (χ1v) is 6.58. The van der Waals surface area contributed by atoms with Crippen LogP contribution in [0.3, 0.4) is 0 Å². The molecule has 0 aliphatic heterocycles. The summed E-state index contributed by atoms with van der Waals surface area (Å²) in [6.07, 6.45) is 2.64. The number of hydrogen-bond donors (Lipinski definition) is 2. The van der Waals surface area contributed by atoms with Crippen molar-refractivity contribution in [2.24, 2.45) is 11.7 Å². The molecular weight excluding hydrogens is 240 g/mol. The van der Waals surface area contributed by atoms with Gasteiger partial charge in [0.1, 0.15) is 5.69 Å². The van der Waals surface area contributed by atoms with E-state index in [1.54, 1.807) is 26.4 Å². The van der Waals surface area contributed by atoms with Crippen LogP contribution in [0, 0.1) is 5.92 Å². The molecule has 19 heavy (non-hydrogen) atoms. The molecule has 1 heterocycles. The second-order valence-corrected chi connectivity index (χ2v) is 5.34. The first-order valence-electron chi connectivity index (χ1n) is 6.58. The summed E-state index contributed by atoms with van der Waals surface area (Å²) in [7, 11) is 3.43. The van der Waals surface area contributed by atoms with Crippen molar-refractivity contribution in [2.45, 2.75) is 26.3 Å². The van der Waals surface area contributed by atoms with Gasteiger partial charge in [-0.05, 0) is 24.5 Å². The number of carbonyl (C=O) groups is 1. The van der Waals surface area contributed by atoms with Gasteiger partial charge in [-0.1, -0.05) is 13.8 Å². The normalized spacial score (nSPS) is 12.3. The van der Waals surface area contributed by atoms with Crippen molar-refractivity contribution in [3.63, 3.8) is 0 Å². The minimum Gasteiger partial charge on any atom is -0.381 e. The number of nitrogens with one attached hydrogen (secondary N) is 1. The van der Waals surface area contributed by atoms with Crippen LogP contribution >= 0.6 is 0 Å². The largest absolute Gasteiger partial charge is 0.381 e. The molecule has 1 unspecified atom stereocenters. The molecule has 0 bridgehead atoms. The summed E-state index contributed by atoms with van der Waals surface area (Å²) in [5, 5.41) is 3.36. The molecule has 5 heteroatoms. The van der Waals surface area contributed by atoms with E-state index in [-0.39, 0.29) is 11.9 Å². The summed E-state index contributed by atoms with van der Waals surface area (Å²) >= 11 is 0. The van der Waals surface area contributed by atoms with Gasteiger partial charge in [0.15, 0.2) is 0 Å². The summed E-state index contributed by atoms with van der Waals surface area (Å²) in [4.78, 5) is 17.4. The lowest BCUT2D eigenvalue weighted by molar-refractivity contribution is 0.0822. The fourth-order valence-corrected chi connectivity index (χ4v) is 1.89. The fraction of sp³-hybridized carbons (Fsp3) is 0.571. The van der Waals surface area contributed by atoms with Crippen LogP contribution in [-0.2, 0) is 0 Å². The van der Waals surface area contributed by atoms with E-state index in [1.165, 1.54) is 4.90 Å². The number of nitrogens with zero attached hydrogens (tertiary/aromatic N) is 2. The van der Waals surface area contributed by atoms with Crippen LogP contribution in [0.25, 0.3) is 0 Å². The van der Waals surface area contributed by atoms with Gasteiger partial charge in [-0.3, -0.25) is 9.78 Å². The maximum atomic E-state index is 11.8. The molecule has 3 N–H and O–H groups in total. The Labute approximate surface area is 115 Å². The van der Waals surface area contributed by atoms with Gasteiger partial charge in [0.25, 0.3) is 5.91 Å². The van der Waals surface area contributed by atoms with Crippen LogP contribution in [0.1, 0.15) is 30.8 Å². The third-order valence-electron chi connectivity index (χ3n) is 2.80. The number of hydrogen-bond acceptors (Lipinski definition) is 4. The Morgan fingerprint density at radius 3 is 2.68 bits per heavy atom. The lowest BCUT2D eigenvalue weighted by atomic mass is 10.0. The van der Waals surface area contributed by atoms with E-state index in [0.29, 0.717) is 18.2 Å². The Balaban J connectivity index is 2.78. The van der Waals surface area contributed by atoms with Gasteiger partial charge >= 0.3 is 0 Å². The van der Waals surface area contributed by atoms with Crippen molar-refractivity contribution in [2.75, 3.05) is 26.0 Å². The molecule has 0 saturated heterocycles. The van der Waals surface area contributed by atoms with Crippen LogP contribution in [0.15, 0.2) is 18.3 Å². The number of anilines is 1. The molecule has 1 atom stereocenters. The van der Waals surface area contributed by atoms with E-state index < -0.39 is 0 Å². The Morgan fingerprint density at radius 1 is 1.47 bits per heavy atom. The van der Waals surface area contributed by atoms with Crippen LogP contribution in [0.4, 0.5) is 5.69 Å². The highest BCUT2D eigenvalue weighted by Crippen LogP contribution is 2.14. The molecule has 5 nitrogen and oxygen atoms in total. The number of amides is 1. The van der Waals surface area contributed by atoms with Crippen molar-refractivity contribution >= 4 is 11.6 Å². The van der Waals surface area contributed by atoms with Crippen LogP contribution in [-0.4, -0.2) is 42.5 Å². The summed E-state index contributed by atoms with van der Waals surface area (Å²) in [6.45, 7) is 4.90. The standard InChI is InChI=1S/C14H24N4O/c1-10(2)7-12(9-15)17-11-5-6-16-13(8-11)14(19)18(3)4/h5-6,8,10,12H,7,9,15H2,1-4H3,(H,16,17). The zero-order chi connectivity index (χ0) is 14.4. The Bertz CT molecular complexity index is 418. The maximum Gasteiger partial charge on any atom is 0.272 e. The van der Waals surface area contributed by atoms with Crippen LogP contribution in [0.2, 0.25) is 0 Å². The second-order valence-electron chi connectivity index (χ2n) is 5.34. The number of pyridine rings is 1. The third kappa shape index (κ3) is 4.87. The molecule has 106 valence electrons. The molecule has 0 radical (unpaired) electrons. The van der Waals surface area contributed by atoms with Crippen molar-refractivity contribution in [3.05, 3.63) is 24.0 Å². The first kappa shape index (κ1) is 15.4. The molecule has 1 aromatic rings. The zero-order valence-corrected chi connectivity index (χ0v) is 12.2. The van der Waals surface area contributed by atoms with Gasteiger partial charge in [0.2, 0.25) is 0 Å². The molecule has 0 aromatic carbocycles. The van der Waals surface area contributed by atoms with E-state index in [9.17, 15) is 4.79 Å². The summed E-state index contributed by atoms with van der Waals surface area (Å²) in [5.74, 6) is 0.475. The van der Waals surface area contributed by atoms with Crippen LogP contribution < -0.4 is 11.1 Å². The molecule has 0 saturated carbocycles. The van der Waals surface area contributed by atoms with Crippen molar-refractivity contribution < 1.29 is 4.79 Å².